The van der Waals surface area contributed by atoms with E-state index in [9.17, 15) is 9.18 Å². The van der Waals surface area contributed by atoms with Gasteiger partial charge in [-0.15, -0.1) is 0 Å². The summed E-state index contributed by atoms with van der Waals surface area (Å²) in [6, 6.07) is 20.8. The average molecular weight is 449 g/mol. The smallest absolute Gasteiger partial charge is 0.281 e. The molecule has 0 aliphatic carbocycles. The standard InChI is InChI=1S/C25H21FN2O3S/c1-27-21(24(29)28(25(27)32)20-6-4-3-5-7-20)14-18-10-13-22(23(15-18)30-2)31-16-17-8-11-19(26)12-9-17/h3-15H,16H2,1-2H3/b21-14-. The maximum atomic E-state index is 13.1. The van der Waals surface area contributed by atoms with Gasteiger partial charge in [-0.2, -0.15) is 0 Å². The summed E-state index contributed by atoms with van der Waals surface area (Å²) in [6.45, 7) is 0.276. The third-order valence-electron chi connectivity index (χ3n) is 5.07. The van der Waals surface area contributed by atoms with Gasteiger partial charge in [0.05, 0.1) is 12.8 Å². The van der Waals surface area contributed by atoms with E-state index >= 15 is 0 Å². The van der Waals surface area contributed by atoms with Crippen molar-refractivity contribution in [3.8, 4) is 11.5 Å². The van der Waals surface area contributed by atoms with E-state index in [1.807, 2.05) is 36.4 Å². The molecule has 5 nitrogen and oxygen atoms in total. The summed E-state index contributed by atoms with van der Waals surface area (Å²) >= 11 is 5.50. The summed E-state index contributed by atoms with van der Waals surface area (Å²) in [5.74, 6) is 0.586. The van der Waals surface area contributed by atoms with Gasteiger partial charge in [0.15, 0.2) is 16.6 Å². The first-order chi connectivity index (χ1) is 15.5. The van der Waals surface area contributed by atoms with Crippen molar-refractivity contribution in [2.75, 3.05) is 19.1 Å². The second-order valence-corrected chi connectivity index (χ2v) is 7.54. The first kappa shape index (κ1) is 21.5. The Morgan fingerprint density at radius 1 is 1.00 bits per heavy atom. The zero-order valence-electron chi connectivity index (χ0n) is 17.6. The molecule has 1 saturated heterocycles. The highest BCUT2D eigenvalue weighted by atomic mass is 32.1. The van der Waals surface area contributed by atoms with Gasteiger partial charge >= 0.3 is 0 Å². The van der Waals surface area contributed by atoms with Crippen LogP contribution in [0.4, 0.5) is 10.1 Å². The minimum Gasteiger partial charge on any atom is -0.493 e. The quantitative estimate of drug-likeness (QED) is 0.391. The number of amides is 1. The molecule has 7 heteroatoms. The second kappa shape index (κ2) is 9.20. The fraction of sp³-hybridized carbons (Fsp3) is 0.120. The van der Waals surface area contributed by atoms with Gasteiger partial charge in [-0.3, -0.25) is 9.69 Å². The number of rotatable bonds is 6. The molecule has 1 aliphatic heterocycles. The molecular formula is C25H21FN2O3S. The van der Waals surface area contributed by atoms with Gasteiger partial charge in [-0.05, 0) is 65.8 Å². The molecule has 0 radical (unpaired) electrons. The topological polar surface area (TPSA) is 42.0 Å². The zero-order chi connectivity index (χ0) is 22.7. The summed E-state index contributed by atoms with van der Waals surface area (Å²) < 4.78 is 24.4. The number of para-hydroxylation sites is 1. The third-order valence-corrected chi connectivity index (χ3v) is 5.53. The van der Waals surface area contributed by atoms with E-state index in [2.05, 4.69) is 0 Å². The number of hydrogen-bond acceptors (Lipinski definition) is 4. The molecule has 0 atom stereocenters. The summed E-state index contributed by atoms with van der Waals surface area (Å²) in [6.07, 6.45) is 1.77. The molecule has 3 aromatic rings. The molecular weight excluding hydrogens is 427 g/mol. The van der Waals surface area contributed by atoms with Crippen LogP contribution in [0.3, 0.4) is 0 Å². The maximum absolute atomic E-state index is 13.1. The van der Waals surface area contributed by atoms with Gasteiger partial charge in [0.25, 0.3) is 5.91 Å². The number of methoxy groups -OCH3 is 1. The number of carbonyl (C=O) groups excluding carboxylic acids is 1. The number of halogens is 1. The summed E-state index contributed by atoms with van der Waals surface area (Å²) in [5.41, 5.74) is 2.79. The van der Waals surface area contributed by atoms with Gasteiger partial charge in [-0.25, -0.2) is 4.39 Å². The van der Waals surface area contributed by atoms with Crippen molar-refractivity contribution in [3.05, 3.63) is 95.4 Å². The average Bonchev–Trinajstić information content (AvgIpc) is 3.02. The van der Waals surface area contributed by atoms with Gasteiger partial charge in [0.2, 0.25) is 0 Å². The fourth-order valence-electron chi connectivity index (χ4n) is 3.35. The second-order valence-electron chi connectivity index (χ2n) is 7.17. The van der Waals surface area contributed by atoms with E-state index in [1.165, 1.54) is 17.0 Å². The first-order valence-electron chi connectivity index (χ1n) is 9.92. The molecule has 0 saturated carbocycles. The summed E-state index contributed by atoms with van der Waals surface area (Å²) in [5, 5.41) is 0.415. The molecule has 3 aromatic carbocycles. The summed E-state index contributed by atoms with van der Waals surface area (Å²) in [4.78, 5) is 16.3. The van der Waals surface area contributed by atoms with Gasteiger partial charge in [-0.1, -0.05) is 36.4 Å². The first-order valence-corrected chi connectivity index (χ1v) is 10.3. The Morgan fingerprint density at radius 3 is 2.41 bits per heavy atom. The van der Waals surface area contributed by atoms with E-state index in [-0.39, 0.29) is 18.3 Å². The van der Waals surface area contributed by atoms with E-state index in [1.54, 1.807) is 49.4 Å². The van der Waals surface area contributed by atoms with Crippen LogP contribution in [-0.4, -0.2) is 30.1 Å². The predicted molar refractivity (Wildman–Crippen MR) is 126 cm³/mol. The Bertz CT molecular complexity index is 1180. The lowest BCUT2D eigenvalue weighted by molar-refractivity contribution is -0.114. The van der Waals surface area contributed by atoms with E-state index in [0.29, 0.717) is 22.3 Å². The number of benzene rings is 3. The Kier molecular flexibility index (Phi) is 6.18. The molecule has 32 heavy (non-hydrogen) atoms. The minimum atomic E-state index is -0.291. The van der Waals surface area contributed by atoms with Crippen molar-refractivity contribution in [1.29, 1.82) is 0 Å². The van der Waals surface area contributed by atoms with Crippen molar-refractivity contribution in [2.24, 2.45) is 0 Å². The van der Waals surface area contributed by atoms with Crippen LogP contribution in [0.2, 0.25) is 0 Å². The van der Waals surface area contributed by atoms with Crippen LogP contribution >= 0.6 is 12.2 Å². The number of thiocarbonyl (C=S) groups is 1. The number of nitrogens with zero attached hydrogens (tertiary/aromatic N) is 2. The molecule has 0 aromatic heterocycles. The monoisotopic (exact) mass is 448 g/mol. The Hall–Kier alpha value is -3.71. The Morgan fingerprint density at radius 2 is 1.72 bits per heavy atom. The lowest BCUT2D eigenvalue weighted by Crippen LogP contribution is -2.30. The molecule has 1 amide bonds. The normalized spacial score (nSPS) is 14.9. The molecule has 1 aliphatic rings. The molecule has 0 spiro atoms. The molecule has 162 valence electrons. The van der Waals surface area contributed by atoms with Crippen molar-refractivity contribution in [2.45, 2.75) is 6.61 Å². The molecule has 1 fully saturated rings. The van der Waals surface area contributed by atoms with Crippen LogP contribution in [0.25, 0.3) is 6.08 Å². The molecule has 0 bridgehead atoms. The zero-order valence-corrected chi connectivity index (χ0v) is 18.4. The van der Waals surface area contributed by atoms with E-state index in [4.69, 9.17) is 21.7 Å². The van der Waals surface area contributed by atoms with Crippen LogP contribution in [0.15, 0.2) is 78.5 Å². The highest BCUT2D eigenvalue weighted by Gasteiger charge is 2.36. The van der Waals surface area contributed by atoms with Crippen LogP contribution in [0, 0.1) is 5.82 Å². The van der Waals surface area contributed by atoms with Crippen molar-refractivity contribution in [1.82, 2.24) is 4.90 Å². The molecule has 0 N–H and O–H groups in total. The SMILES string of the molecule is COc1cc(/C=C2/C(=O)N(c3ccccc3)C(=S)N2C)ccc1OCc1ccc(F)cc1. The van der Waals surface area contributed by atoms with Crippen molar-refractivity contribution in [3.63, 3.8) is 0 Å². The Labute approximate surface area is 191 Å². The highest BCUT2D eigenvalue weighted by molar-refractivity contribution is 7.80. The van der Waals surface area contributed by atoms with Crippen molar-refractivity contribution >= 4 is 35.0 Å². The van der Waals surface area contributed by atoms with E-state index < -0.39 is 0 Å². The molecule has 1 heterocycles. The highest BCUT2D eigenvalue weighted by Crippen LogP contribution is 2.32. The van der Waals surface area contributed by atoms with Crippen molar-refractivity contribution < 1.29 is 18.7 Å². The lowest BCUT2D eigenvalue weighted by Gasteiger charge is -2.16. The fourth-order valence-corrected chi connectivity index (χ4v) is 3.64. The number of anilines is 1. The number of hydrogen-bond donors (Lipinski definition) is 0. The number of likely N-dealkylation sites (N-methyl/N-ethyl adjacent to an activating group) is 1. The van der Waals surface area contributed by atoms with E-state index in [0.717, 1.165) is 16.8 Å². The van der Waals surface area contributed by atoms with Gasteiger partial charge in [0.1, 0.15) is 18.1 Å². The van der Waals surface area contributed by atoms with Gasteiger partial charge in [0, 0.05) is 7.05 Å². The Balaban J connectivity index is 1.56. The number of carbonyl (C=O) groups is 1. The summed E-state index contributed by atoms with van der Waals surface area (Å²) in [7, 11) is 3.32. The molecule has 0 unspecified atom stereocenters. The number of ether oxygens (including phenoxy) is 2. The van der Waals surface area contributed by atoms with Crippen LogP contribution in [-0.2, 0) is 11.4 Å². The molecule has 4 rings (SSSR count). The largest absolute Gasteiger partial charge is 0.493 e. The minimum absolute atomic E-state index is 0.195. The van der Waals surface area contributed by atoms with Crippen LogP contribution in [0.1, 0.15) is 11.1 Å². The predicted octanol–water partition coefficient (Wildman–Crippen LogP) is 5.02. The van der Waals surface area contributed by atoms with Crippen LogP contribution in [0.5, 0.6) is 11.5 Å². The van der Waals surface area contributed by atoms with Crippen LogP contribution < -0.4 is 14.4 Å². The lowest BCUT2D eigenvalue weighted by atomic mass is 10.1. The maximum Gasteiger partial charge on any atom is 0.281 e. The third kappa shape index (κ3) is 4.33. The van der Waals surface area contributed by atoms with Gasteiger partial charge < -0.3 is 14.4 Å².